The second kappa shape index (κ2) is 5.62. The van der Waals surface area contributed by atoms with E-state index in [0.29, 0.717) is 12.5 Å². The zero-order valence-electron chi connectivity index (χ0n) is 11.8. The zero-order chi connectivity index (χ0) is 15.0. The van der Waals surface area contributed by atoms with Crippen molar-refractivity contribution >= 4 is 11.7 Å². The highest BCUT2D eigenvalue weighted by Gasteiger charge is 2.36. The van der Waals surface area contributed by atoms with Crippen molar-refractivity contribution < 1.29 is 18.7 Å². The number of hydrogen-bond donors (Lipinski definition) is 1. The van der Waals surface area contributed by atoms with Crippen molar-refractivity contribution in [3.8, 4) is 0 Å². The molecule has 0 bridgehead atoms. The van der Waals surface area contributed by atoms with E-state index in [1.165, 1.54) is 12.8 Å². The normalized spacial score (nSPS) is 23.0. The van der Waals surface area contributed by atoms with Gasteiger partial charge in [0.15, 0.2) is 0 Å². The summed E-state index contributed by atoms with van der Waals surface area (Å²) in [5, 5.41) is 8.87. The lowest BCUT2D eigenvalue weighted by Crippen LogP contribution is -2.36. The summed E-state index contributed by atoms with van der Waals surface area (Å²) >= 11 is 0. The number of carbonyl (C=O) groups is 1. The standard InChI is InChI=1S/C16H19F2NO2/c17-12-8-11(16(20)21)9-13(18)15(12)19-7-3-6-14(19)10-4-1-2-5-10/h8-10,14H,1-7H2,(H,20,21). The number of benzene rings is 1. The Bertz CT molecular complexity index is 532. The highest BCUT2D eigenvalue weighted by Crippen LogP contribution is 2.39. The van der Waals surface area contributed by atoms with Crippen molar-refractivity contribution in [1.29, 1.82) is 0 Å². The van der Waals surface area contributed by atoms with E-state index in [1.54, 1.807) is 0 Å². The van der Waals surface area contributed by atoms with Gasteiger partial charge in [0.25, 0.3) is 0 Å². The van der Waals surface area contributed by atoms with E-state index in [4.69, 9.17) is 5.11 Å². The van der Waals surface area contributed by atoms with Crippen LogP contribution in [-0.4, -0.2) is 23.7 Å². The van der Waals surface area contributed by atoms with Crippen molar-refractivity contribution in [2.75, 3.05) is 11.4 Å². The third-order valence-corrected chi connectivity index (χ3v) is 4.79. The highest BCUT2D eigenvalue weighted by atomic mass is 19.1. The van der Waals surface area contributed by atoms with E-state index in [0.717, 1.165) is 37.8 Å². The minimum absolute atomic E-state index is 0.0469. The molecular weight excluding hydrogens is 276 g/mol. The third kappa shape index (κ3) is 2.61. The van der Waals surface area contributed by atoms with Crippen LogP contribution < -0.4 is 4.90 Å². The van der Waals surface area contributed by atoms with Gasteiger partial charge in [-0.1, -0.05) is 12.8 Å². The maximum absolute atomic E-state index is 14.2. The molecule has 1 aliphatic heterocycles. The van der Waals surface area contributed by atoms with Gasteiger partial charge in [0.05, 0.1) is 5.56 Å². The highest BCUT2D eigenvalue weighted by molar-refractivity contribution is 5.88. The Morgan fingerprint density at radius 1 is 1.10 bits per heavy atom. The van der Waals surface area contributed by atoms with Crippen LogP contribution in [0.25, 0.3) is 0 Å². The van der Waals surface area contributed by atoms with Crippen molar-refractivity contribution in [2.24, 2.45) is 5.92 Å². The largest absolute Gasteiger partial charge is 0.478 e. The van der Waals surface area contributed by atoms with Crippen LogP contribution in [0.4, 0.5) is 14.5 Å². The monoisotopic (exact) mass is 295 g/mol. The summed E-state index contributed by atoms with van der Waals surface area (Å²) in [5.41, 5.74) is -0.389. The van der Waals surface area contributed by atoms with Gasteiger partial charge in [0.2, 0.25) is 0 Å². The van der Waals surface area contributed by atoms with E-state index < -0.39 is 17.6 Å². The van der Waals surface area contributed by atoms with Gasteiger partial charge in [0, 0.05) is 12.6 Å². The fraction of sp³-hybridized carbons (Fsp3) is 0.562. The molecule has 2 fully saturated rings. The van der Waals surface area contributed by atoms with Gasteiger partial charge in [0.1, 0.15) is 17.3 Å². The number of hydrogen-bond acceptors (Lipinski definition) is 2. The number of aromatic carboxylic acids is 1. The maximum Gasteiger partial charge on any atom is 0.335 e. The molecule has 1 N–H and O–H groups in total. The van der Waals surface area contributed by atoms with Crippen molar-refractivity contribution in [1.82, 2.24) is 0 Å². The van der Waals surface area contributed by atoms with E-state index in [1.807, 2.05) is 4.90 Å². The summed E-state index contributed by atoms with van der Waals surface area (Å²) in [4.78, 5) is 12.7. The Balaban J connectivity index is 1.93. The first-order valence-electron chi connectivity index (χ1n) is 7.57. The molecule has 1 unspecified atom stereocenters. The molecule has 1 aliphatic carbocycles. The molecule has 1 aromatic rings. The summed E-state index contributed by atoms with van der Waals surface area (Å²) in [6.45, 7) is 0.640. The van der Waals surface area contributed by atoms with Crippen LogP contribution >= 0.6 is 0 Å². The maximum atomic E-state index is 14.2. The first kappa shape index (κ1) is 14.3. The summed E-state index contributed by atoms with van der Waals surface area (Å²) in [6, 6.07) is 2.03. The first-order chi connectivity index (χ1) is 10.1. The van der Waals surface area contributed by atoms with Crippen LogP contribution in [0, 0.1) is 17.6 Å². The van der Waals surface area contributed by atoms with E-state index in [-0.39, 0.29) is 17.3 Å². The Kier molecular flexibility index (Phi) is 3.83. The molecule has 0 radical (unpaired) electrons. The van der Waals surface area contributed by atoms with Gasteiger partial charge in [-0.15, -0.1) is 0 Å². The van der Waals surface area contributed by atoms with Gasteiger partial charge in [-0.05, 0) is 43.7 Å². The number of rotatable bonds is 3. The number of carboxylic acid groups (broad SMARTS) is 1. The fourth-order valence-corrected chi connectivity index (χ4v) is 3.87. The number of nitrogens with zero attached hydrogens (tertiary/aromatic N) is 1. The van der Waals surface area contributed by atoms with Crippen LogP contribution in [0.3, 0.4) is 0 Å². The summed E-state index contributed by atoms with van der Waals surface area (Å²) in [6.07, 6.45) is 6.52. The summed E-state index contributed by atoms with van der Waals surface area (Å²) in [5.74, 6) is -2.34. The molecule has 5 heteroatoms. The van der Waals surface area contributed by atoms with Gasteiger partial charge in [-0.2, -0.15) is 0 Å². The minimum Gasteiger partial charge on any atom is -0.478 e. The van der Waals surface area contributed by atoms with Crippen LogP contribution in [0.2, 0.25) is 0 Å². The number of carboxylic acids is 1. The molecule has 0 aromatic heterocycles. The SMILES string of the molecule is O=C(O)c1cc(F)c(N2CCCC2C2CCCC2)c(F)c1. The molecule has 1 aromatic carbocycles. The second-order valence-corrected chi connectivity index (χ2v) is 6.04. The molecule has 1 saturated carbocycles. The predicted molar refractivity (Wildman–Crippen MR) is 75.6 cm³/mol. The first-order valence-corrected chi connectivity index (χ1v) is 7.57. The lowest BCUT2D eigenvalue weighted by molar-refractivity contribution is 0.0695. The molecule has 3 rings (SSSR count). The lowest BCUT2D eigenvalue weighted by Gasteiger charge is -2.31. The molecule has 1 heterocycles. The van der Waals surface area contributed by atoms with Crippen LogP contribution in [0.15, 0.2) is 12.1 Å². The topological polar surface area (TPSA) is 40.5 Å². The molecule has 2 aliphatic rings. The average Bonchev–Trinajstić information content (AvgIpc) is 3.07. The Morgan fingerprint density at radius 3 is 2.29 bits per heavy atom. The number of halogens is 2. The minimum atomic E-state index is -1.31. The van der Waals surface area contributed by atoms with Crippen molar-refractivity contribution in [3.63, 3.8) is 0 Å². The number of anilines is 1. The lowest BCUT2D eigenvalue weighted by atomic mass is 9.95. The van der Waals surface area contributed by atoms with E-state index in [2.05, 4.69) is 0 Å². The van der Waals surface area contributed by atoms with Crippen LogP contribution in [-0.2, 0) is 0 Å². The molecule has 114 valence electrons. The van der Waals surface area contributed by atoms with Gasteiger partial charge >= 0.3 is 5.97 Å². The van der Waals surface area contributed by atoms with Crippen LogP contribution in [0.5, 0.6) is 0 Å². The quantitative estimate of drug-likeness (QED) is 0.921. The van der Waals surface area contributed by atoms with Gasteiger partial charge in [-0.25, -0.2) is 13.6 Å². The second-order valence-electron chi connectivity index (χ2n) is 6.04. The van der Waals surface area contributed by atoms with Crippen LogP contribution in [0.1, 0.15) is 48.9 Å². The molecule has 21 heavy (non-hydrogen) atoms. The van der Waals surface area contributed by atoms with E-state index >= 15 is 0 Å². The molecular formula is C16H19F2NO2. The Morgan fingerprint density at radius 2 is 1.71 bits per heavy atom. The third-order valence-electron chi connectivity index (χ3n) is 4.79. The predicted octanol–water partition coefficient (Wildman–Crippen LogP) is 3.82. The average molecular weight is 295 g/mol. The molecule has 0 spiro atoms. The fourth-order valence-electron chi connectivity index (χ4n) is 3.87. The summed E-state index contributed by atoms with van der Waals surface area (Å²) in [7, 11) is 0. The van der Waals surface area contributed by atoms with Gasteiger partial charge < -0.3 is 10.0 Å². The molecule has 0 amide bonds. The van der Waals surface area contributed by atoms with Crippen molar-refractivity contribution in [2.45, 2.75) is 44.6 Å². The van der Waals surface area contributed by atoms with Crippen molar-refractivity contribution in [3.05, 3.63) is 29.3 Å². The molecule has 1 atom stereocenters. The molecule has 3 nitrogen and oxygen atoms in total. The smallest absolute Gasteiger partial charge is 0.335 e. The molecule has 1 saturated heterocycles. The Labute approximate surface area is 122 Å². The summed E-state index contributed by atoms with van der Waals surface area (Å²) < 4.78 is 28.5. The zero-order valence-corrected chi connectivity index (χ0v) is 11.8. The van der Waals surface area contributed by atoms with E-state index in [9.17, 15) is 13.6 Å². The Hall–Kier alpha value is -1.65. The van der Waals surface area contributed by atoms with Gasteiger partial charge in [-0.3, -0.25) is 0 Å².